The molecule has 1 fully saturated rings. The van der Waals surface area contributed by atoms with Crippen LogP contribution in [0.2, 0.25) is 0 Å². The van der Waals surface area contributed by atoms with Crippen molar-refractivity contribution in [1.29, 1.82) is 0 Å². The number of nitrogens with zero attached hydrogens (tertiary/aromatic N) is 1. The van der Waals surface area contributed by atoms with Crippen molar-refractivity contribution in [2.75, 3.05) is 36.5 Å². The predicted molar refractivity (Wildman–Crippen MR) is 113 cm³/mol. The first kappa shape index (κ1) is 18.7. The third kappa shape index (κ3) is 4.74. The van der Waals surface area contributed by atoms with Crippen molar-refractivity contribution in [2.45, 2.75) is 26.8 Å². The second-order valence-corrected chi connectivity index (χ2v) is 7.22. The molecule has 0 radical (unpaired) electrons. The standard InChI is InChI=1S/C21H27N3OS/c1-15-4-7-19(14-16(15)2)23-21(26)22-17(3)18-5-8-20(9-6-18)24-10-12-25-13-11-24/h4-9,14,17H,10-13H2,1-3H3,(H2,22,23,26). The maximum Gasteiger partial charge on any atom is 0.171 e. The Morgan fingerprint density at radius 3 is 2.38 bits per heavy atom. The molecule has 0 aliphatic carbocycles. The molecule has 4 nitrogen and oxygen atoms in total. The van der Waals surface area contributed by atoms with Crippen molar-refractivity contribution in [3.63, 3.8) is 0 Å². The largest absolute Gasteiger partial charge is 0.378 e. The van der Waals surface area contributed by atoms with Gasteiger partial charge in [-0.2, -0.15) is 0 Å². The van der Waals surface area contributed by atoms with Crippen molar-refractivity contribution in [2.24, 2.45) is 0 Å². The van der Waals surface area contributed by atoms with Gasteiger partial charge in [0, 0.05) is 24.5 Å². The van der Waals surface area contributed by atoms with Crippen molar-refractivity contribution in [3.8, 4) is 0 Å². The number of nitrogens with one attached hydrogen (secondary N) is 2. The van der Waals surface area contributed by atoms with E-state index >= 15 is 0 Å². The first-order valence-corrected chi connectivity index (χ1v) is 9.51. The fraction of sp³-hybridized carbons (Fsp3) is 0.381. The molecule has 2 aromatic carbocycles. The minimum absolute atomic E-state index is 0.139. The zero-order valence-electron chi connectivity index (χ0n) is 15.7. The molecule has 0 amide bonds. The summed E-state index contributed by atoms with van der Waals surface area (Å²) in [5, 5.41) is 7.27. The van der Waals surface area contributed by atoms with E-state index in [1.165, 1.54) is 22.4 Å². The van der Waals surface area contributed by atoms with Crippen LogP contribution in [-0.2, 0) is 4.74 Å². The summed E-state index contributed by atoms with van der Waals surface area (Å²) in [7, 11) is 0. The van der Waals surface area contributed by atoms with Gasteiger partial charge in [-0.1, -0.05) is 18.2 Å². The normalized spacial score (nSPS) is 15.4. The van der Waals surface area contributed by atoms with Gasteiger partial charge in [0.25, 0.3) is 0 Å². The van der Waals surface area contributed by atoms with Gasteiger partial charge in [0.05, 0.1) is 19.3 Å². The van der Waals surface area contributed by atoms with E-state index in [2.05, 4.69) is 78.8 Å². The lowest BCUT2D eigenvalue weighted by Crippen LogP contribution is -2.36. The molecule has 3 rings (SSSR count). The first-order valence-electron chi connectivity index (χ1n) is 9.10. The van der Waals surface area contributed by atoms with Gasteiger partial charge < -0.3 is 20.3 Å². The van der Waals surface area contributed by atoms with Crippen LogP contribution in [0.1, 0.15) is 29.7 Å². The summed E-state index contributed by atoms with van der Waals surface area (Å²) in [6.45, 7) is 9.86. The number of hydrogen-bond donors (Lipinski definition) is 2. The molecular formula is C21H27N3OS. The van der Waals surface area contributed by atoms with Crippen LogP contribution in [0.5, 0.6) is 0 Å². The maximum atomic E-state index is 5.47. The first-order chi connectivity index (χ1) is 12.5. The average Bonchev–Trinajstić information content (AvgIpc) is 2.65. The van der Waals surface area contributed by atoms with E-state index in [0.717, 1.165) is 32.0 Å². The van der Waals surface area contributed by atoms with Crippen molar-refractivity contribution >= 4 is 28.7 Å². The molecule has 0 spiro atoms. The van der Waals surface area contributed by atoms with Crippen molar-refractivity contribution in [3.05, 3.63) is 59.2 Å². The van der Waals surface area contributed by atoms with Gasteiger partial charge in [0.2, 0.25) is 0 Å². The van der Waals surface area contributed by atoms with E-state index in [1.54, 1.807) is 0 Å². The van der Waals surface area contributed by atoms with Gasteiger partial charge in [-0.05, 0) is 73.9 Å². The van der Waals surface area contributed by atoms with E-state index in [9.17, 15) is 0 Å². The second kappa shape index (κ2) is 8.52. The zero-order chi connectivity index (χ0) is 18.5. The second-order valence-electron chi connectivity index (χ2n) is 6.81. The Hall–Kier alpha value is -2.11. The fourth-order valence-electron chi connectivity index (χ4n) is 3.06. The molecule has 2 aromatic rings. The number of benzene rings is 2. The van der Waals surface area contributed by atoms with Crippen LogP contribution in [-0.4, -0.2) is 31.4 Å². The predicted octanol–water partition coefficient (Wildman–Crippen LogP) is 4.19. The lowest BCUT2D eigenvalue weighted by atomic mass is 10.1. The van der Waals surface area contributed by atoms with Gasteiger partial charge in [0.1, 0.15) is 0 Å². The summed E-state index contributed by atoms with van der Waals surface area (Å²) >= 11 is 5.47. The highest BCUT2D eigenvalue weighted by molar-refractivity contribution is 7.80. The third-order valence-electron chi connectivity index (χ3n) is 4.88. The van der Waals surface area contributed by atoms with Gasteiger partial charge in [-0.15, -0.1) is 0 Å². The van der Waals surface area contributed by atoms with Crippen LogP contribution in [0.4, 0.5) is 11.4 Å². The summed E-state index contributed by atoms with van der Waals surface area (Å²) < 4.78 is 5.42. The number of morpholine rings is 1. The Labute approximate surface area is 161 Å². The third-order valence-corrected chi connectivity index (χ3v) is 5.10. The van der Waals surface area contributed by atoms with Crippen LogP contribution < -0.4 is 15.5 Å². The number of hydrogen-bond acceptors (Lipinski definition) is 3. The Morgan fingerprint density at radius 1 is 1.04 bits per heavy atom. The van der Waals surface area contributed by atoms with Crippen LogP contribution >= 0.6 is 12.2 Å². The summed E-state index contributed by atoms with van der Waals surface area (Å²) in [5.41, 5.74) is 6.01. The summed E-state index contributed by atoms with van der Waals surface area (Å²) in [6, 6.07) is 15.1. The lowest BCUT2D eigenvalue weighted by molar-refractivity contribution is 0.122. The minimum Gasteiger partial charge on any atom is -0.378 e. The minimum atomic E-state index is 0.139. The van der Waals surface area contributed by atoms with Crippen molar-refractivity contribution < 1.29 is 4.74 Å². The molecule has 0 saturated carbocycles. The Bertz CT molecular complexity index is 754. The quantitative estimate of drug-likeness (QED) is 0.791. The molecule has 1 aliphatic rings. The molecule has 1 heterocycles. The number of ether oxygens (including phenoxy) is 1. The van der Waals surface area contributed by atoms with E-state index < -0.39 is 0 Å². The summed E-state index contributed by atoms with van der Waals surface area (Å²) in [4.78, 5) is 2.36. The fourth-order valence-corrected chi connectivity index (χ4v) is 3.36. The molecule has 1 atom stereocenters. The Kier molecular flexibility index (Phi) is 6.12. The Morgan fingerprint density at radius 2 is 1.73 bits per heavy atom. The van der Waals surface area contributed by atoms with Gasteiger partial charge in [-0.3, -0.25) is 0 Å². The van der Waals surface area contributed by atoms with E-state index in [-0.39, 0.29) is 6.04 Å². The smallest absolute Gasteiger partial charge is 0.171 e. The SMILES string of the molecule is Cc1ccc(NC(=S)NC(C)c2ccc(N3CCOCC3)cc2)cc1C. The number of anilines is 2. The molecule has 138 valence electrons. The van der Waals surface area contributed by atoms with Crippen LogP contribution in [0, 0.1) is 13.8 Å². The van der Waals surface area contributed by atoms with E-state index in [1.807, 2.05) is 0 Å². The molecule has 1 aliphatic heterocycles. The van der Waals surface area contributed by atoms with E-state index in [4.69, 9.17) is 17.0 Å². The van der Waals surface area contributed by atoms with Crippen LogP contribution in [0.15, 0.2) is 42.5 Å². The van der Waals surface area contributed by atoms with Crippen LogP contribution in [0.25, 0.3) is 0 Å². The van der Waals surface area contributed by atoms with Gasteiger partial charge in [-0.25, -0.2) is 0 Å². The summed E-state index contributed by atoms with van der Waals surface area (Å²) in [6.07, 6.45) is 0. The molecule has 1 unspecified atom stereocenters. The van der Waals surface area contributed by atoms with Gasteiger partial charge in [0.15, 0.2) is 5.11 Å². The molecule has 1 saturated heterocycles. The molecule has 5 heteroatoms. The number of thiocarbonyl (C=S) groups is 1. The molecule has 2 N–H and O–H groups in total. The monoisotopic (exact) mass is 369 g/mol. The molecule has 0 bridgehead atoms. The highest BCUT2D eigenvalue weighted by atomic mass is 32.1. The maximum absolute atomic E-state index is 5.47. The molecule has 0 aromatic heterocycles. The highest BCUT2D eigenvalue weighted by Gasteiger charge is 2.12. The zero-order valence-corrected chi connectivity index (χ0v) is 16.5. The highest BCUT2D eigenvalue weighted by Crippen LogP contribution is 2.20. The van der Waals surface area contributed by atoms with Crippen LogP contribution in [0.3, 0.4) is 0 Å². The van der Waals surface area contributed by atoms with E-state index in [0.29, 0.717) is 5.11 Å². The molecule has 26 heavy (non-hydrogen) atoms. The van der Waals surface area contributed by atoms with Crippen molar-refractivity contribution in [1.82, 2.24) is 5.32 Å². The topological polar surface area (TPSA) is 36.5 Å². The lowest BCUT2D eigenvalue weighted by Gasteiger charge is -2.29. The summed E-state index contributed by atoms with van der Waals surface area (Å²) in [5.74, 6) is 0. The molecular weight excluding hydrogens is 342 g/mol. The number of rotatable bonds is 4. The Balaban J connectivity index is 1.57. The number of aryl methyl sites for hydroxylation is 2. The average molecular weight is 370 g/mol. The van der Waals surface area contributed by atoms with Gasteiger partial charge >= 0.3 is 0 Å².